The highest BCUT2D eigenvalue weighted by Crippen LogP contribution is 2.30. The van der Waals surface area contributed by atoms with Crippen LogP contribution in [0.3, 0.4) is 0 Å². The zero-order chi connectivity index (χ0) is 14.2. The summed E-state index contributed by atoms with van der Waals surface area (Å²) in [4.78, 5) is 12.5. The highest BCUT2D eigenvalue weighted by molar-refractivity contribution is 7.98. The van der Waals surface area contributed by atoms with Gasteiger partial charge in [-0.15, -0.1) is 11.8 Å². The van der Waals surface area contributed by atoms with Crippen molar-refractivity contribution in [1.29, 1.82) is 0 Å². The number of nitrogens with two attached hydrogens (primary N) is 1. The molecule has 1 aromatic carbocycles. The van der Waals surface area contributed by atoms with Crippen LogP contribution in [0.15, 0.2) is 29.4 Å². The first-order valence-corrected chi connectivity index (χ1v) is 8.14. The first kappa shape index (κ1) is 13.6. The maximum absolute atomic E-state index is 6.21. The van der Waals surface area contributed by atoms with E-state index in [1.807, 2.05) is 0 Å². The first-order chi connectivity index (χ1) is 9.59. The second-order valence-corrected chi connectivity index (χ2v) is 6.60. The summed E-state index contributed by atoms with van der Waals surface area (Å²) in [5, 5.41) is 1.14. The van der Waals surface area contributed by atoms with Gasteiger partial charge >= 0.3 is 0 Å². The molecule has 1 fully saturated rings. The third-order valence-electron chi connectivity index (χ3n) is 4.03. The van der Waals surface area contributed by atoms with Crippen molar-refractivity contribution in [2.24, 2.45) is 5.73 Å². The molecule has 106 valence electrons. The molecule has 20 heavy (non-hydrogen) atoms. The van der Waals surface area contributed by atoms with Gasteiger partial charge in [0.1, 0.15) is 12.1 Å². The molecular weight excluding hydrogens is 268 g/mol. The number of rotatable bonds is 2. The van der Waals surface area contributed by atoms with Crippen LogP contribution in [0, 0.1) is 0 Å². The molecule has 3 rings (SSSR count). The summed E-state index contributed by atoms with van der Waals surface area (Å²) in [5.41, 5.74) is 7.18. The Morgan fingerprint density at radius 2 is 2.00 bits per heavy atom. The minimum Gasteiger partial charge on any atom is -0.356 e. The van der Waals surface area contributed by atoms with Gasteiger partial charge in [0.15, 0.2) is 0 Å². The molecule has 2 aromatic rings. The lowest BCUT2D eigenvalue weighted by Gasteiger charge is -2.37. The van der Waals surface area contributed by atoms with Crippen molar-refractivity contribution in [3.05, 3.63) is 24.5 Å². The van der Waals surface area contributed by atoms with E-state index in [4.69, 9.17) is 5.73 Å². The fourth-order valence-corrected chi connectivity index (χ4v) is 3.07. The van der Waals surface area contributed by atoms with E-state index < -0.39 is 0 Å². The molecule has 0 atom stereocenters. The normalized spacial score (nSPS) is 18.4. The third kappa shape index (κ3) is 2.60. The lowest BCUT2D eigenvalue weighted by molar-refractivity contribution is 0.363. The van der Waals surface area contributed by atoms with Crippen LogP contribution < -0.4 is 10.6 Å². The van der Waals surface area contributed by atoms with Gasteiger partial charge in [-0.05, 0) is 44.2 Å². The van der Waals surface area contributed by atoms with Gasteiger partial charge in [0.05, 0.1) is 5.52 Å². The Balaban J connectivity index is 1.99. The number of anilines is 1. The Kier molecular flexibility index (Phi) is 3.56. The largest absolute Gasteiger partial charge is 0.356 e. The molecule has 5 heteroatoms. The van der Waals surface area contributed by atoms with E-state index in [-0.39, 0.29) is 5.54 Å². The molecule has 1 aliphatic heterocycles. The van der Waals surface area contributed by atoms with Gasteiger partial charge in [0.2, 0.25) is 0 Å². The summed E-state index contributed by atoms with van der Waals surface area (Å²) in [5.74, 6) is 1.04. The standard InChI is InChI=1S/C15H20N4S/c1-15(16)5-7-19(8-6-15)14-12-9-11(20-2)3-4-13(12)17-10-18-14/h3-4,9-10H,5-8,16H2,1-2H3. The Labute approximate surface area is 123 Å². The van der Waals surface area contributed by atoms with Gasteiger partial charge in [-0.3, -0.25) is 0 Å². The van der Waals surface area contributed by atoms with Crippen LogP contribution in [0.25, 0.3) is 10.9 Å². The average Bonchev–Trinajstić information content (AvgIpc) is 2.46. The third-order valence-corrected chi connectivity index (χ3v) is 4.75. The molecule has 0 amide bonds. The predicted molar refractivity (Wildman–Crippen MR) is 85.4 cm³/mol. The summed E-state index contributed by atoms with van der Waals surface area (Å²) < 4.78 is 0. The number of fused-ring (bicyclic) bond motifs is 1. The highest BCUT2D eigenvalue weighted by atomic mass is 32.2. The number of piperidine rings is 1. The van der Waals surface area contributed by atoms with E-state index in [1.54, 1.807) is 18.1 Å². The Hall–Kier alpha value is -1.33. The van der Waals surface area contributed by atoms with Crippen molar-refractivity contribution in [2.45, 2.75) is 30.2 Å². The van der Waals surface area contributed by atoms with E-state index in [2.05, 4.69) is 46.2 Å². The smallest absolute Gasteiger partial charge is 0.139 e. The van der Waals surface area contributed by atoms with Gasteiger partial charge in [-0.2, -0.15) is 0 Å². The average molecular weight is 288 g/mol. The molecule has 0 unspecified atom stereocenters. The summed E-state index contributed by atoms with van der Waals surface area (Å²) in [6.07, 6.45) is 5.75. The van der Waals surface area contributed by atoms with Gasteiger partial charge in [0, 0.05) is 28.9 Å². The van der Waals surface area contributed by atoms with Crippen LogP contribution in [0.1, 0.15) is 19.8 Å². The Bertz CT molecular complexity index is 616. The molecule has 4 nitrogen and oxygen atoms in total. The maximum Gasteiger partial charge on any atom is 0.139 e. The minimum absolute atomic E-state index is 0.0379. The summed E-state index contributed by atoms with van der Waals surface area (Å²) in [6, 6.07) is 6.37. The fraction of sp³-hybridized carbons (Fsp3) is 0.467. The molecule has 0 aliphatic carbocycles. The number of nitrogens with zero attached hydrogens (tertiary/aromatic N) is 3. The number of aromatic nitrogens is 2. The quantitative estimate of drug-likeness (QED) is 0.861. The van der Waals surface area contributed by atoms with Crippen LogP contribution >= 0.6 is 11.8 Å². The SMILES string of the molecule is CSc1ccc2ncnc(N3CCC(C)(N)CC3)c2c1. The van der Waals surface area contributed by atoms with Crippen molar-refractivity contribution in [3.63, 3.8) is 0 Å². The molecule has 2 heterocycles. The van der Waals surface area contributed by atoms with Crippen molar-refractivity contribution < 1.29 is 0 Å². The number of hydrogen-bond acceptors (Lipinski definition) is 5. The van der Waals surface area contributed by atoms with Gasteiger partial charge < -0.3 is 10.6 Å². The summed E-state index contributed by atoms with van der Waals surface area (Å²) in [7, 11) is 0. The zero-order valence-electron chi connectivity index (χ0n) is 12.0. The minimum atomic E-state index is -0.0379. The van der Waals surface area contributed by atoms with Crippen molar-refractivity contribution in [2.75, 3.05) is 24.2 Å². The Morgan fingerprint density at radius 3 is 2.70 bits per heavy atom. The lowest BCUT2D eigenvalue weighted by Crippen LogP contribution is -2.48. The predicted octanol–water partition coefficient (Wildman–Crippen LogP) is 2.67. The molecular formula is C15H20N4S. The van der Waals surface area contributed by atoms with E-state index in [9.17, 15) is 0 Å². The molecule has 1 aliphatic rings. The van der Waals surface area contributed by atoms with Gasteiger partial charge in [-0.1, -0.05) is 0 Å². The fourth-order valence-electron chi connectivity index (χ4n) is 2.63. The van der Waals surface area contributed by atoms with Crippen molar-refractivity contribution >= 4 is 28.5 Å². The maximum atomic E-state index is 6.21. The molecule has 0 saturated carbocycles. The van der Waals surface area contributed by atoms with Crippen LogP contribution in [0.4, 0.5) is 5.82 Å². The monoisotopic (exact) mass is 288 g/mol. The van der Waals surface area contributed by atoms with Gasteiger partial charge in [-0.25, -0.2) is 9.97 Å². The molecule has 0 bridgehead atoms. The van der Waals surface area contributed by atoms with Gasteiger partial charge in [0.25, 0.3) is 0 Å². The molecule has 2 N–H and O–H groups in total. The van der Waals surface area contributed by atoms with Crippen LogP contribution in [0.2, 0.25) is 0 Å². The number of hydrogen-bond donors (Lipinski definition) is 1. The van der Waals surface area contributed by atoms with Crippen molar-refractivity contribution in [1.82, 2.24) is 9.97 Å². The van der Waals surface area contributed by atoms with Crippen LogP contribution in [0.5, 0.6) is 0 Å². The second-order valence-electron chi connectivity index (χ2n) is 5.72. The highest BCUT2D eigenvalue weighted by Gasteiger charge is 2.27. The summed E-state index contributed by atoms with van der Waals surface area (Å²) in [6.45, 7) is 4.06. The second kappa shape index (κ2) is 5.22. The van der Waals surface area contributed by atoms with E-state index in [0.29, 0.717) is 0 Å². The lowest BCUT2D eigenvalue weighted by atomic mass is 9.91. The Morgan fingerprint density at radius 1 is 1.25 bits per heavy atom. The topological polar surface area (TPSA) is 55.0 Å². The van der Waals surface area contributed by atoms with Crippen LogP contribution in [-0.2, 0) is 0 Å². The number of benzene rings is 1. The molecule has 0 spiro atoms. The molecule has 1 saturated heterocycles. The first-order valence-electron chi connectivity index (χ1n) is 6.92. The molecule has 1 aromatic heterocycles. The van der Waals surface area contributed by atoms with Crippen molar-refractivity contribution in [3.8, 4) is 0 Å². The van der Waals surface area contributed by atoms with Crippen LogP contribution in [-0.4, -0.2) is 34.9 Å². The van der Waals surface area contributed by atoms with E-state index in [0.717, 1.165) is 42.7 Å². The summed E-state index contributed by atoms with van der Waals surface area (Å²) >= 11 is 1.74. The molecule has 0 radical (unpaired) electrons. The van der Waals surface area contributed by atoms with E-state index in [1.165, 1.54) is 4.90 Å². The number of thioether (sulfide) groups is 1. The van der Waals surface area contributed by atoms with E-state index >= 15 is 0 Å². The zero-order valence-corrected chi connectivity index (χ0v) is 12.8.